The molecule has 0 spiro atoms. The van der Waals surface area contributed by atoms with Gasteiger partial charge in [0.2, 0.25) is 0 Å². The number of aromatic nitrogens is 1. The van der Waals surface area contributed by atoms with Gasteiger partial charge in [0, 0.05) is 17.3 Å². The lowest BCUT2D eigenvalue weighted by Crippen LogP contribution is -2.13. The summed E-state index contributed by atoms with van der Waals surface area (Å²) in [5.74, 6) is -2.34. The highest BCUT2D eigenvalue weighted by molar-refractivity contribution is 5.78. The summed E-state index contributed by atoms with van der Waals surface area (Å²) in [6.07, 6.45) is 0. The number of rotatable bonds is 2. The molecule has 2 aromatic rings. The van der Waals surface area contributed by atoms with Gasteiger partial charge in [-0.2, -0.15) is 5.26 Å². The van der Waals surface area contributed by atoms with Crippen LogP contribution in [-0.4, -0.2) is 9.91 Å². The molecule has 0 bridgehead atoms. The highest BCUT2D eigenvalue weighted by atomic mass is 19.1. The summed E-state index contributed by atoms with van der Waals surface area (Å²) in [6.45, 7) is 1.47. The number of nitrogens with one attached hydrogen (secondary N) is 1. The molecule has 106 valence electrons. The van der Waals surface area contributed by atoms with E-state index in [-0.39, 0.29) is 11.3 Å². The normalized spacial score (nSPS) is 10.2. The number of hydrogen-bond acceptors (Lipinski definition) is 4. The number of aromatic amines is 1. The summed E-state index contributed by atoms with van der Waals surface area (Å²) < 4.78 is 27.1. The second-order valence-corrected chi connectivity index (χ2v) is 4.22. The molecule has 0 aliphatic heterocycles. The van der Waals surface area contributed by atoms with E-state index in [1.54, 1.807) is 6.07 Å². The molecule has 0 saturated heterocycles. The van der Waals surface area contributed by atoms with Crippen LogP contribution in [0.3, 0.4) is 0 Å². The molecular weight excluding hydrogens is 284 g/mol. The molecule has 6 nitrogen and oxygen atoms in total. The minimum absolute atomic E-state index is 0.247. The van der Waals surface area contributed by atoms with Gasteiger partial charge in [-0.1, -0.05) is 0 Å². The molecule has 0 atom stereocenters. The molecule has 0 aliphatic rings. The minimum Gasteiger partial charge on any atom is -0.325 e. The van der Waals surface area contributed by atoms with Gasteiger partial charge in [0.1, 0.15) is 23.3 Å². The van der Waals surface area contributed by atoms with Crippen LogP contribution in [0.5, 0.6) is 0 Å². The van der Waals surface area contributed by atoms with Crippen molar-refractivity contribution in [2.24, 2.45) is 0 Å². The smallest absolute Gasteiger partial charge is 0.283 e. The molecule has 0 saturated carbocycles. The molecule has 2 rings (SSSR count). The predicted molar refractivity (Wildman–Crippen MR) is 68.5 cm³/mol. The van der Waals surface area contributed by atoms with Crippen LogP contribution in [0, 0.1) is 40.0 Å². The Bertz CT molecular complexity index is 853. The fourth-order valence-electron chi connectivity index (χ4n) is 1.97. The number of benzene rings is 1. The van der Waals surface area contributed by atoms with Gasteiger partial charge < -0.3 is 4.98 Å². The first kappa shape index (κ1) is 14.3. The molecule has 1 aromatic heterocycles. The fraction of sp³-hybridized carbons (Fsp3) is 0.0769. The Balaban J connectivity index is 2.95. The molecule has 0 amide bonds. The molecule has 0 unspecified atom stereocenters. The Kier molecular flexibility index (Phi) is 3.50. The van der Waals surface area contributed by atoms with Gasteiger partial charge in [-0.05, 0) is 13.0 Å². The van der Waals surface area contributed by atoms with E-state index in [0.717, 1.165) is 0 Å². The van der Waals surface area contributed by atoms with Crippen molar-refractivity contribution in [1.29, 1.82) is 5.26 Å². The Labute approximate surface area is 116 Å². The van der Waals surface area contributed by atoms with E-state index in [0.29, 0.717) is 12.1 Å². The van der Waals surface area contributed by atoms with Crippen molar-refractivity contribution >= 4 is 5.69 Å². The number of aryl methyl sites for hydroxylation is 1. The molecule has 8 heteroatoms. The largest absolute Gasteiger partial charge is 0.325 e. The lowest BCUT2D eigenvalue weighted by Gasteiger charge is -2.07. The first-order valence-electron chi connectivity index (χ1n) is 5.63. The number of nitrogens with zero attached hydrogens (tertiary/aromatic N) is 2. The third kappa shape index (κ3) is 2.49. The average Bonchev–Trinajstić information content (AvgIpc) is 2.36. The number of hydrogen-bond donors (Lipinski definition) is 1. The number of halogens is 2. The Morgan fingerprint density at radius 3 is 2.57 bits per heavy atom. The van der Waals surface area contributed by atoms with Crippen molar-refractivity contribution in [2.45, 2.75) is 6.92 Å². The second kappa shape index (κ2) is 5.13. The highest BCUT2D eigenvalue weighted by Gasteiger charge is 2.25. The summed E-state index contributed by atoms with van der Waals surface area (Å²) in [5.41, 5.74) is -2.68. The van der Waals surface area contributed by atoms with E-state index in [1.165, 1.54) is 13.0 Å². The SMILES string of the molecule is Cc1cc(-c2c(F)cc(F)cc2[N+](=O)[O-])c(C#N)c(=O)[nH]1. The average molecular weight is 291 g/mol. The third-order valence-electron chi connectivity index (χ3n) is 2.78. The van der Waals surface area contributed by atoms with Crippen molar-refractivity contribution in [2.75, 3.05) is 0 Å². The van der Waals surface area contributed by atoms with Crippen LogP contribution >= 0.6 is 0 Å². The van der Waals surface area contributed by atoms with Gasteiger partial charge in [0.05, 0.1) is 16.6 Å². The van der Waals surface area contributed by atoms with Crippen molar-refractivity contribution in [3.8, 4) is 17.2 Å². The maximum absolute atomic E-state index is 14.0. The maximum atomic E-state index is 14.0. The molecule has 0 fully saturated rings. The maximum Gasteiger partial charge on any atom is 0.283 e. The zero-order chi connectivity index (χ0) is 15.7. The summed E-state index contributed by atoms with van der Waals surface area (Å²) in [7, 11) is 0. The van der Waals surface area contributed by atoms with E-state index in [4.69, 9.17) is 5.26 Å². The van der Waals surface area contributed by atoms with Crippen molar-refractivity contribution in [1.82, 2.24) is 4.98 Å². The summed E-state index contributed by atoms with van der Waals surface area (Å²) in [4.78, 5) is 24.0. The molecule has 0 radical (unpaired) electrons. The van der Waals surface area contributed by atoms with Crippen LogP contribution in [0.25, 0.3) is 11.1 Å². The molecular formula is C13H7F2N3O3. The van der Waals surface area contributed by atoms with Gasteiger partial charge in [0.15, 0.2) is 0 Å². The van der Waals surface area contributed by atoms with Gasteiger partial charge in [-0.3, -0.25) is 14.9 Å². The number of H-pyrrole nitrogens is 1. The van der Waals surface area contributed by atoms with E-state index in [2.05, 4.69) is 4.98 Å². The summed E-state index contributed by atoms with van der Waals surface area (Å²) >= 11 is 0. The van der Waals surface area contributed by atoms with Gasteiger partial charge >= 0.3 is 0 Å². The van der Waals surface area contributed by atoms with E-state index in [1.807, 2.05) is 0 Å². The van der Waals surface area contributed by atoms with E-state index in [9.17, 15) is 23.7 Å². The van der Waals surface area contributed by atoms with Crippen LogP contribution in [0.2, 0.25) is 0 Å². The Morgan fingerprint density at radius 2 is 2.00 bits per heavy atom. The summed E-state index contributed by atoms with van der Waals surface area (Å²) in [5, 5.41) is 20.0. The quantitative estimate of drug-likeness (QED) is 0.678. The topological polar surface area (TPSA) is 99.8 Å². The first-order chi connectivity index (χ1) is 9.85. The van der Waals surface area contributed by atoms with Gasteiger partial charge in [-0.25, -0.2) is 8.78 Å². The predicted octanol–water partition coefficient (Wildman–Crippen LogP) is 2.41. The number of nitriles is 1. The van der Waals surface area contributed by atoms with E-state index < -0.39 is 38.9 Å². The molecule has 1 heterocycles. The van der Waals surface area contributed by atoms with Gasteiger partial charge in [0.25, 0.3) is 11.2 Å². The minimum atomic E-state index is -1.22. The number of nitro groups is 1. The van der Waals surface area contributed by atoms with E-state index >= 15 is 0 Å². The van der Waals surface area contributed by atoms with Crippen LogP contribution in [0.4, 0.5) is 14.5 Å². The van der Waals surface area contributed by atoms with Crippen molar-refractivity contribution in [3.63, 3.8) is 0 Å². The molecule has 1 N–H and O–H groups in total. The number of pyridine rings is 1. The number of nitro benzene ring substituents is 1. The molecule has 21 heavy (non-hydrogen) atoms. The highest BCUT2D eigenvalue weighted by Crippen LogP contribution is 2.34. The second-order valence-electron chi connectivity index (χ2n) is 4.22. The molecule has 0 aliphatic carbocycles. The zero-order valence-electron chi connectivity index (χ0n) is 10.6. The van der Waals surface area contributed by atoms with Crippen LogP contribution < -0.4 is 5.56 Å². The lowest BCUT2D eigenvalue weighted by molar-refractivity contribution is -0.384. The van der Waals surface area contributed by atoms with Crippen LogP contribution in [-0.2, 0) is 0 Å². The van der Waals surface area contributed by atoms with Crippen molar-refractivity contribution < 1.29 is 13.7 Å². The zero-order valence-corrected chi connectivity index (χ0v) is 10.6. The monoisotopic (exact) mass is 291 g/mol. The Hall–Kier alpha value is -3.08. The van der Waals surface area contributed by atoms with Crippen LogP contribution in [0.1, 0.15) is 11.3 Å². The Morgan fingerprint density at radius 1 is 1.33 bits per heavy atom. The summed E-state index contributed by atoms with van der Waals surface area (Å²) in [6, 6.07) is 3.79. The lowest BCUT2D eigenvalue weighted by atomic mass is 9.98. The standard InChI is InChI=1S/C13H7F2N3O3/c1-6-2-8(9(5-16)13(19)17-6)12-10(15)3-7(14)4-11(12)18(20)21/h2-4H,1H3,(H,17,19). The van der Waals surface area contributed by atoms with Crippen LogP contribution in [0.15, 0.2) is 23.0 Å². The van der Waals surface area contributed by atoms with Crippen molar-refractivity contribution in [3.05, 3.63) is 61.6 Å². The first-order valence-corrected chi connectivity index (χ1v) is 5.63. The third-order valence-corrected chi connectivity index (χ3v) is 2.78. The molecule has 1 aromatic carbocycles. The fourth-order valence-corrected chi connectivity index (χ4v) is 1.97. The van der Waals surface area contributed by atoms with Gasteiger partial charge in [-0.15, -0.1) is 0 Å².